The molecule has 132 valence electrons. The van der Waals surface area contributed by atoms with Crippen LogP contribution < -0.4 is 14.8 Å². The van der Waals surface area contributed by atoms with Gasteiger partial charge in [0.25, 0.3) is 0 Å². The minimum Gasteiger partial charge on any atom is -0.493 e. The van der Waals surface area contributed by atoms with Crippen LogP contribution in [0.2, 0.25) is 0 Å². The van der Waals surface area contributed by atoms with E-state index in [9.17, 15) is 14.7 Å². The van der Waals surface area contributed by atoms with E-state index < -0.39 is 5.97 Å². The highest BCUT2D eigenvalue weighted by atomic mass is 79.9. The van der Waals surface area contributed by atoms with Gasteiger partial charge in [0.1, 0.15) is 0 Å². The molecular weight excluding hydrogens is 410 g/mol. The lowest BCUT2D eigenvalue weighted by atomic mass is 10.1. The Morgan fingerprint density at radius 1 is 1.12 bits per heavy atom. The summed E-state index contributed by atoms with van der Waals surface area (Å²) in [6.07, 6.45) is 0. The molecule has 0 fully saturated rings. The summed E-state index contributed by atoms with van der Waals surface area (Å²) in [6.45, 7) is 0. The fraction of sp³-hybridized carbons (Fsp3) is 0.176. The number of carboxylic acids is 1. The Balaban J connectivity index is 2.13. The maximum atomic E-state index is 12.2. The molecule has 2 aromatic rings. The summed E-state index contributed by atoms with van der Waals surface area (Å²) in [7, 11) is 2.85. The standard InChI is InChI=1S/C17H16BrNO5S/c1-23-14-7-12(17(21)22)13(8-15(14)24-2)19-16(20)9-25-11-5-3-10(18)4-6-11/h3-8H,9H2,1-2H3,(H,19,20)(H,21,22). The topological polar surface area (TPSA) is 84.9 Å². The molecule has 2 aromatic carbocycles. The first-order chi connectivity index (χ1) is 11.9. The third kappa shape index (κ3) is 5.14. The van der Waals surface area contributed by atoms with Crippen LogP contribution in [0.25, 0.3) is 0 Å². The van der Waals surface area contributed by atoms with E-state index >= 15 is 0 Å². The number of halogens is 1. The number of carbonyl (C=O) groups excluding carboxylic acids is 1. The third-order valence-electron chi connectivity index (χ3n) is 3.21. The van der Waals surface area contributed by atoms with Crippen LogP contribution in [-0.2, 0) is 4.79 Å². The zero-order valence-corrected chi connectivity index (χ0v) is 15.9. The summed E-state index contributed by atoms with van der Waals surface area (Å²) in [5, 5.41) is 12.0. The smallest absolute Gasteiger partial charge is 0.337 e. The number of amides is 1. The molecule has 0 heterocycles. The largest absolute Gasteiger partial charge is 0.493 e. The van der Waals surface area contributed by atoms with Crippen molar-refractivity contribution in [1.29, 1.82) is 0 Å². The van der Waals surface area contributed by atoms with Crippen molar-refractivity contribution in [2.24, 2.45) is 0 Å². The van der Waals surface area contributed by atoms with Crippen LogP contribution in [0, 0.1) is 0 Å². The van der Waals surface area contributed by atoms with Crippen molar-refractivity contribution >= 4 is 45.3 Å². The number of benzene rings is 2. The molecule has 25 heavy (non-hydrogen) atoms. The van der Waals surface area contributed by atoms with Crippen molar-refractivity contribution in [2.45, 2.75) is 4.90 Å². The van der Waals surface area contributed by atoms with Crippen molar-refractivity contribution in [1.82, 2.24) is 0 Å². The summed E-state index contributed by atoms with van der Waals surface area (Å²) in [6, 6.07) is 10.3. The number of aromatic carboxylic acids is 1. The van der Waals surface area contributed by atoms with E-state index in [1.54, 1.807) is 0 Å². The van der Waals surface area contributed by atoms with Crippen LogP contribution in [0.15, 0.2) is 45.8 Å². The summed E-state index contributed by atoms with van der Waals surface area (Å²) in [5.41, 5.74) is 0.0891. The second kappa shape index (κ2) is 8.77. The number of rotatable bonds is 7. The van der Waals surface area contributed by atoms with E-state index in [1.807, 2.05) is 24.3 Å². The van der Waals surface area contributed by atoms with Crippen LogP contribution in [-0.4, -0.2) is 37.0 Å². The van der Waals surface area contributed by atoms with Crippen LogP contribution in [0.3, 0.4) is 0 Å². The van der Waals surface area contributed by atoms with Gasteiger partial charge in [-0.3, -0.25) is 4.79 Å². The van der Waals surface area contributed by atoms with E-state index in [1.165, 1.54) is 38.1 Å². The van der Waals surface area contributed by atoms with Crippen LogP contribution >= 0.6 is 27.7 Å². The van der Waals surface area contributed by atoms with E-state index in [0.717, 1.165) is 9.37 Å². The minimum absolute atomic E-state index is 0.0698. The van der Waals surface area contributed by atoms with Crippen LogP contribution in [0.5, 0.6) is 11.5 Å². The Morgan fingerprint density at radius 2 is 1.72 bits per heavy atom. The number of hydrogen-bond acceptors (Lipinski definition) is 5. The highest BCUT2D eigenvalue weighted by molar-refractivity contribution is 9.10. The van der Waals surface area contributed by atoms with Crippen molar-refractivity contribution in [2.75, 3.05) is 25.3 Å². The molecule has 2 N–H and O–H groups in total. The zero-order valence-electron chi connectivity index (χ0n) is 13.5. The van der Waals surface area contributed by atoms with Gasteiger partial charge >= 0.3 is 5.97 Å². The van der Waals surface area contributed by atoms with Crippen molar-refractivity contribution in [3.8, 4) is 11.5 Å². The number of nitrogens with one attached hydrogen (secondary N) is 1. The van der Waals surface area contributed by atoms with Gasteiger partial charge in [0.15, 0.2) is 11.5 Å². The molecule has 0 bridgehead atoms. The number of ether oxygens (including phenoxy) is 2. The van der Waals surface area contributed by atoms with Gasteiger partial charge in [-0.15, -0.1) is 11.8 Å². The lowest BCUT2D eigenvalue weighted by molar-refractivity contribution is -0.113. The number of methoxy groups -OCH3 is 2. The van der Waals surface area contributed by atoms with E-state index in [-0.39, 0.29) is 28.7 Å². The molecule has 6 nitrogen and oxygen atoms in total. The maximum Gasteiger partial charge on any atom is 0.337 e. The Labute approximate surface area is 157 Å². The molecule has 2 rings (SSSR count). The zero-order chi connectivity index (χ0) is 18.4. The van der Waals surface area contributed by atoms with E-state index in [0.29, 0.717) is 5.75 Å². The normalized spacial score (nSPS) is 10.2. The first-order valence-corrected chi connectivity index (χ1v) is 8.90. The van der Waals surface area contributed by atoms with Crippen LogP contribution in [0.1, 0.15) is 10.4 Å². The number of thioether (sulfide) groups is 1. The fourth-order valence-electron chi connectivity index (χ4n) is 2.03. The lowest BCUT2D eigenvalue weighted by Gasteiger charge is -2.13. The lowest BCUT2D eigenvalue weighted by Crippen LogP contribution is -2.17. The fourth-order valence-corrected chi connectivity index (χ4v) is 2.99. The maximum absolute atomic E-state index is 12.2. The second-order valence-corrected chi connectivity index (χ2v) is 6.81. The first-order valence-electron chi connectivity index (χ1n) is 7.12. The molecule has 1 amide bonds. The average Bonchev–Trinajstić information content (AvgIpc) is 2.60. The Morgan fingerprint density at radius 3 is 2.28 bits per heavy atom. The second-order valence-electron chi connectivity index (χ2n) is 4.85. The molecule has 0 spiro atoms. The van der Waals surface area contributed by atoms with Gasteiger partial charge in [-0.1, -0.05) is 15.9 Å². The van der Waals surface area contributed by atoms with Gasteiger partial charge in [-0.25, -0.2) is 4.79 Å². The van der Waals surface area contributed by atoms with Gasteiger partial charge in [0.2, 0.25) is 5.91 Å². The van der Waals surface area contributed by atoms with Crippen molar-refractivity contribution in [3.63, 3.8) is 0 Å². The van der Waals surface area contributed by atoms with Crippen molar-refractivity contribution < 1.29 is 24.2 Å². The molecule has 0 aliphatic heterocycles. The molecule has 0 saturated carbocycles. The molecule has 0 saturated heterocycles. The van der Waals surface area contributed by atoms with Gasteiger partial charge in [-0.2, -0.15) is 0 Å². The summed E-state index contributed by atoms with van der Waals surface area (Å²) >= 11 is 4.70. The molecule has 0 aromatic heterocycles. The monoisotopic (exact) mass is 425 g/mol. The SMILES string of the molecule is COc1cc(NC(=O)CSc2ccc(Br)cc2)c(C(=O)O)cc1OC. The number of carboxylic acid groups (broad SMARTS) is 1. The molecule has 0 unspecified atom stereocenters. The molecule has 0 aliphatic rings. The molecule has 0 radical (unpaired) electrons. The highest BCUT2D eigenvalue weighted by Crippen LogP contribution is 2.33. The predicted molar refractivity (Wildman–Crippen MR) is 100 cm³/mol. The minimum atomic E-state index is -1.17. The highest BCUT2D eigenvalue weighted by Gasteiger charge is 2.18. The first kappa shape index (κ1) is 19.1. The average molecular weight is 426 g/mol. The Hall–Kier alpha value is -2.19. The summed E-state index contributed by atoms with van der Waals surface area (Å²) < 4.78 is 11.2. The van der Waals surface area contributed by atoms with Crippen molar-refractivity contribution in [3.05, 3.63) is 46.4 Å². The number of carbonyl (C=O) groups is 2. The van der Waals surface area contributed by atoms with E-state index in [2.05, 4.69) is 21.2 Å². The van der Waals surface area contributed by atoms with Crippen LogP contribution in [0.4, 0.5) is 5.69 Å². The third-order valence-corrected chi connectivity index (χ3v) is 4.75. The van der Waals surface area contributed by atoms with Gasteiger partial charge in [-0.05, 0) is 24.3 Å². The van der Waals surface area contributed by atoms with E-state index in [4.69, 9.17) is 9.47 Å². The Kier molecular flexibility index (Phi) is 6.72. The summed E-state index contributed by atoms with van der Waals surface area (Å²) in [5.74, 6) is -0.723. The van der Waals surface area contributed by atoms with Gasteiger partial charge in [0.05, 0.1) is 31.2 Å². The number of anilines is 1. The predicted octanol–water partition coefficient (Wildman–Crippen LogP) is 3.90. The van der Waals surface area contributed by atoms with Gasteiger partial charge < -0.3 is 19.9 Å². The number of hydrogen-bond donors (Lipinski definition) is 2. The quantitative estimate of drug-likeness (QED) is 0.654. The molecule has 8 heteroatoms. The molecule has 0 aliphatic carbocycles. The van der Waals surface area contributed by atoms with Gasteiger partial charge in [0, 0.05) is 21.5 Å². The summed E-state index contributed by atoms with van der Waals surface area (Å²) in [4.78, 5) is 24.5. The molecular formula is C17H16BrNO5S. The molecule has 0 atom stereocenters. The Bertz CT molecular complexity index is 779.